The van der Waals surface area contributed by atoms with Crippen LogP contribution in [0.1, 0.15) is 43.4 Å². The number of pyridine rings is 1. The Morgan fingerprint density at radius 2 is 2.18 bits per heavy atom. The Bertz CT molecular complexity index is 240. The van der Waals surface area contributed by atoms with Crippen LogP contribution < -0.4 is 0 Å². The Morgan fingerprint density at radius 1 is 1.36 bits per heavy atom. The van der Waals surface area contributed by atoms with Gasteiger partial charge < -0.3 is 0 Å². The van der Waals surface area contributed by atoms with Gasteiger partial charge in [0.15, 0.2) is 0 Å². The van der Waals surface area contributed by atoms with E-state index in [1.165, 1.54) is 17.7 Å². The molecule has 0 aromatic carbocycles. The topological polar surface area (TPSA) is 12.9 Å². The Morgan fingerprint density at radius 3 is 2.91 bits per heavy atom. The SMILES string of the molecule is CC1C[C@@H](C)c2ncccc21. The maximum absolute atomic E-state index is 4.39. The molecule has 0 saturated heterocycles. The fourth-order valence-electron chi connectivity index (χ4n) is 2.03. The molecule has 0 aliphatic heterocycles. The van der Waals surface area contributed by atoms with Gasteiger partial charge in [0.05, 0.1) is 0 Å². The summed E-state index contributed by atoms with van der Waals surface area (Å²) in [7, 11) is 0. The predicted octanol–water partition coefficient (Wildman–Crippen LogP) is 2.69. The molecule has 2 rings (SSSR count). The van der Waals surface area contributed by atoms with E-state index in [1.807, 2.05) is 12.3 Å². The number of rotatable bonds is 0. The van der Waals surface area contributed by atoms with E-state index in [-0.39, 0.29) is 0 Å². The summed E-state index contributed by atoms with van der Waals surface area (Å²) in [5.74, 6) is 1.38. The molecule has 1 nitrogen and oxygen atoms in total. The third-order valence-electron chi connectivity index (χ3n) is 2.58. The van der Waals surface area contributed by atoms with E-state index in [2.05, 4.69) is 24.9 Å². The lowest BCUT2D eigenvalue weighted by Crippen LogP contribution is -1.89. The van der Waals surface area contributed by atoms with Crippen LogP contribution in [0.2, 0.25) is 0 Å². The summed E-state index contributed by atoms with van der Waals surface area (Å²) in [6.07, 6.45) is 3.17. The highest BCUT2D eigenvalue weighted by Gasteiger charge is 2.25. The van der Waals surface area contributed by atoms with E-state index >= 15 is 0 Å². The summed E-state index contributed by atoms with van der Waals surface area (Å²) < 4.78 is 0. The van der Waals surface area contributed by atoms with Crippen molar-refractivity contribution in [3.05, 3.63) is 29.6 Å². The molecule has 0 saturated carbocycles. The van der Waals surface area contributed by atoms with Crippen molar-refractivity contribution in [2.75, 3.05) is 0 Å². The van der Waals surface area contributed by atoms with Crippen LogP contribution in [0.4, 0.5) is 0 Å². The Hall–Kier alpha value is -0.850. The highest BCUT2D eigenvalue weighted by Crippen LogP contribution is 2.39. The monoisotopic (exact) mass is 147 g/mol. The van der Waals surface area contributed by atoms with Crippen LogP contribution >= 0.6 is 0 Å². The Kier molecular flexibility index (Phi) is 1.45. The molecule has 1 heteroatoms. The van der Waals surface area contributed by atoms with Gasteiger partial charge in [0.1, 0.15) is 0 Å². The first-order chi connectivity index (χ1) is 5.29. The van der Waals surface area contributed by atoms with Crippen molar-refractivity contribution in [1.82, 2.24) is 4.98 Å². The van der Waals surface area contributed by atoms with E-state index in [9.17, 15) is 0 Å². The Labute approximate surface area is 67.5 Å². The number of hydrogen-bond acceptors (Lipinski definition) is 1. The van der Waals surface area contributed by atoms with Crippen LogP contribution in [-0.4, -0.2) is 4.98 Å². The second kappa shape index (κ2) is 2.33. The third kappa shape index (κ3) is 0.953. The van der Waals surface area contributed by atoms with E-state index < -0.39 is 0 Å². The molecule has 58 valence electrons. The summed E-state index contributed by atoms with van der Waals surface area (Å²) in [5.41, 5.74) is 2.78. The van der Waals surface area contributed by atoms with Gasteiger partial charge in [-0.05, 0) is 29.9 Å². The molecule has 1 unspecified atom stereocenters. The maximum Gasteiger partial charge on any atom is 0.0466 e. The minimum atomic E-state index is 0.668. The molecule has 2 atom stereocenters. The predicted molar refractivity (Wildman–Crippen MR) is 45.7 cm³/mol. The van der Waals surface area contributed by atoms with E-state index in [0.717, 1.165) is 0 Å². The Balaban J connectivity index is 2.52. The second-order valence-electron chi connectivity index (χ2n) is 3.52. The van der Waals surface area contributed by atoms with Crippen LogP contribution in [0.25, 0.3) is 0 Å². The zero-order chi connectivity index (χ0) is 7.84. The number of hydrogen-bond donors (Lipinski definition) is 0. The minimum Gasteiger partial charge on any atom is -0.261 e. The number of aromatic nitrogens is 1. The van der Waals surface area contributed by atoms with Crippen LogP contribution in [0.5, 0.6) is 0 Å². The second-order valence-corrected chi connectivity index (χ2v) is 3.52. The van der Waals surface area contributed by atoms with Crippen molar-refractivity contribution in [2.24, 2.45) is 0 Å². The van der Waals surface area contributed by atoms with E-state index in [4.69, 9.17) is 0 Å². The van der Waals surface area contributed by atoms with Gasteiger partial charge >= 0.3 is 0 Å². The normalized spacial score (nSPS) is 28.5. The summed E-state index contributed by atoms with van der Waals surface area (Å²) >= 11 is 0. The van der Waals surface area contributed by atoms with Crippen LogP contribution in [0.3, 0.4) is 0 Å². The van der Waals surface area contributed by atoms with Crippen molar-refractivity contribution in [1.29, 1.82) is 0 Å². The van der Waals surface area contributed by atoms with Gasteiger partial charge in [-0.3, -0.25) is 4.98 Å². The summed E-state index contributed by atoms with van der Waals surface area (Å²) in [6.45, 7) is 4.54. The van der Waals surface area contributed by atoms with Crippen molar-refractivity contribution >= 4 is 0 Å². The zero-order valence-electron chi connectivity index (χ0n) is 7.04. The maximum atomic E-state index is 4.39. The first-order valence-corrected chi connectivity index (χ1v) is 4.24. The summed E-state index contributed by atoms with van der Waals surface area (Å²) in [5, 5.41) is 0. The zero-order valence-corrected chi connectivity index (χ0v) is 7.04. The first-order valence-electron chi connectivity index (χ1n) is 4.24. The van der Waals surface area contributed by atoms with Crippen molar-refractivity contribution in [3.63, 3.8) is 0 Å². The molecule has 1 aliphatic carbocycles. The lowest BCUT2D eigenvalue weighted by molar-refractivity contribution is 0.655. The van der Waals surface area contributed by atoms with E-state index in [1.54, 1.807) is 0 Å². The van der Waals surface area contributed by atoms with Crippen molar-refractivity contribution in [3.8, 4) is 0 Å². The molecular weight excluding hydrogens is 134 g/mol. The smallest absolute Gasteiger partial charge is 0.0466 e. The fourth-order valence-corrected chi connectivity index (χ4v) is 2.03. The van der Waals surface area contributed by atoms with E-state index in [0.29, 0.717) is 11.8 Å². The molecule has 1 aromatic rings. The van der Waals surface area contributed by atoms with Gasteiger partial charge in [-0.2, -0.15) is 0 Å². The average Bonchev–Trinajstić information content (AvgIpc) is 2.30. The van der Waals surface area contributed by atoms with Gasteiger partial charge in [-0.1, -0.05) is 19.9 Å². The standard InChI is InChI=1S/C10H13N/c1-7-6-8(2)10-9(7)4-3-5-11-10/h3-5,7-8H,6H2,1-2H3/t7?,8-/m1/s1. The van der Waals surface area contributed by atoms with Crippen LogP contribution in [-0.2, 0) is 0 Å². The fraction of sp³-hybridized carbons (Fsp3) is 0.500. The molecule has 1 heterocycles. The third-order valence-corrected chi connectivity index (χ3v) is 2.58. The lowest BCUT2D eigenvalue weighted by atomic mass is 10.1. The van der Waals surface area contributed by atoms with Crippen molar-refractivity contribution < 1.29 is 0 Å². The van der Waals surface area contributed by atoms with Crippen LogP contribution in [0, 0.1) is 0 Å². The average molecular weight is 147 g/mol. The molecule has 0 bridgehead atoms. The summed E-state index contributed by atoms with van der Waals surface area (Å²) in [6, 6.07) is 4.24. The molecule has 0 amide bonds. The number of fused-ring (bicyclic) bond motifs is 1. The molecule has 0 N–H and O–H groups in total. The van der Waals surface area contributed by atoms with Gasteiger partial charge in [-0.15, -0.1) is 0 Å². The summed E-state index contributed by atoms with van der Waals surface area (Å²) in [4.78, 5) is 4.39. The van der Waals surface area contributed by atoms with Gasteiger partial charge in [0.25, 0.3) is 0 Å². The molecule has 0 spiro atoms. The molecule has 1 aliphatic rings. The molecule has 11 heavy (non-hydrogen) atoms. The highest BCUT2D eigenvalue weighted by atomic mass is 14.7. The van der Waals surface area contributed by atoms with Crippen molar-refractivity contribution in [2.45, 2.75) is 32.1 Å². The molecule has 0 fully saturated rings. The molecule has 0 radical (unpaired) electrons. The number of nitrogens with zero attached hydrogens (tertiary/aromatic N) is 1. The molecular formula is C10H13N. The van der Waals surface area contributed by atoms with Gasteiger partial charge in [0.2, 0.25) is 0 Å². The minimum absolute atomic E-state index is 0.668. The first kappa shape index (κ1) is 6.84. The lowest BCUT2D eigenvalue weighted by Gasteiger charge is -2.00. The highest BCUT2D eigenvalue weighted by molar-refractivity contribution is 5.31. The quantitative estimate of drug-likeness (QED) is 0.549. The van der Waals surface area contributed by atoms with Gasteiger partial charge in [-0.25, -0.2) is 0 Å². The van der Waals surface area contributed by atoms with Crippen LogP contribution in [0.15, 0.2) is 18.3 Å². The largest absolute Gasteiger partial charge is 0.261 e. The van der Waals surface area contributed by atoms with Gasteiger partial charge in [0, 0.05) is 11.9 Å². The molecule has 1 aromatic heterocycles.